The van der Waals surface area contributed by atoms with Crippen molar-refractivity contribution in [3.8, 4) is 0 Å². The lowest BCUT2D eigenvalue weighted by Crippen LogP contribution is -2.42. The minimum absolute atomic E-state index is 0.0177. The first-order valence-electron chi connectivity index (χ1n) is 8.99. The van der Waals surface area contributed by atoms with E-state index in [4.69, 9.17) is 9.84 Å². The topological polar surface area (TPSA) is 118 Å². The van der Waals surface area contributed by atoms with Gasteiger partial charge in [0, 0.05) is 11.3 Å². The third-order valence-electron chi connectivity index (χ3n) is 4.26. The number of ether oxygens (including phenoxy) is 1. The van der Waals surface area contributed by atoms with Gasteiger partial charge in [-0.1, -0.05) is 0 Å². The quantitative estimate of drug-likeness (QED) is 0.510. The zero-order valence-electron chi connectivity index (χ0n) is 16.8. The predicted molar refractivity (Wildman–Crippen MR) is 116 cm³/mol. The molecule has 30 heavy (non-hydrogen) atoms. The summed E-state index contributed by atoms with van der Waals surface area (Å²) in [6.07, 6.45) is -0.391. The predicted octanol–water partition coefficient (Wildman–Crippen LogP) is 3.92. The van der Waals surface area contributed by atoms with Gasteiger partial charge in [0.15, 0.2) is 11.7 Å². The first kappa shape index (κ1) is 22.0. The van der Waals surface area contributed by atoms with Gasteiger partial charge < -0.3 is 14.4 Å². The first-order chi connectivity index (χ1) is 13.9. The van der Waals surface area contributed by atoms with Crippen LogP contribution in [0.5, 0.6) is 0 Å². The number of imidazole rings is 1. The Morgan fingerprint density at radius 2 is 2.03 bits per heavy atom. The molecule has 1 aromatic heterocycles. The number of aromatic nitrogens is 2. The summed E-state index contributed by atoms with van der Waals surface area (Å²) in [6.45, 7) is 7.13. The van der Waals surface area contributed by atoms with Crippen LogP contribution in [-0.2, 0) is 16.8 Å². The molecular weight excluding hydrogens is 508 g/mol. The molecule has 0 saturated carbocycles. The highest BCUT2D eigenvalue weighted by Crippen LogP contribution is 2.35. The molecule has 2 aromatic rings. The number of amides is 2. The molecule has 2 heterocycles. The number of carbonyl (C=O) groups excluding carboxylic acids is 1. The Balaban J connectivity index is 2.00. The van der Waals surface area contributed by atoms with Crippen molar-refractivity contribution >= 4 is 46.3 Å². The summed E-state index contributed by atoms with van der Waals surface area (Å²) < 4.78 is 22.6. The van der Waals surface area contributed by atoms with Crippen molar-refractivity contribution in [2.45, 2.75) is 45.4 Å². The maximum Gasteiger partial charge on any atom is 0.412 e. The summed E-state index contributed by atoms with van der Waals surface area (Å²) in [5, 5.41) is 14.0. The molecule has 160 valence electrons. The molecule has 1 atom stereocenters. The number of nitrogens with one attached hydrogen (secondary N) is 2. The summed E-state index contributed by atoms with van der Waals surface area (Å²) >= 11 is 2.06. The van der Waals surface area contributed by atoms with Gasteiger partial charge in [-0.3, -0.25) is 15.6 Å². The summed E-state index contributed by atoms with van der Waals surface area (Å²) in [6, 6.07) is 4.11. The van der Waals surface area contributed by atoms with E-state index >= 15 is 0 Å². The average Bonchev–Trinajstić information content (AvgIpc) is 2.95. The number of hydrogen-bond acceptors (Lipinski definition) is 5. The fraction of sp³-hybridized carbons (Fsp3) is 0.368. The van der Waals surface area contributed by atoms with E-state index in [0.29, 0.717) is 11.5 Å². The molecule has 0 saturated heterocycles. The second-order valence-electron chi connectivity index (χ2n) is 7.98. The summed E-state index contributed by atoms with van der Waals surface area (Å²) in [7, 11) is 0. The number of aliphatic imine (C=N–C) groups is 1. The zero-order valence-corrected chi connectivity index (χ0v) is 18.9. The minimum Gasteiger partial charge on any atom is -0.465 e. The summed E-state index contributed by atoms with van der Waals surface area (Å²) in [4.78, 5) is 32.0. The van der Waals surface area contributed by atoms with E-state index in [9.17, 15) is 14.0 Å². The molecular formula is C19H21FIN5O4. The number of fused-ring (bicyclic) bond motifs is 1. The monoisotopic (exact) mass is 529 g/mol. The largest absolute Gasteiger partial charge is 0.465 e. The van der Waals surface area contributed by atoms with Crippen molar-refractivity contribution < 1.29 is 23.8 Å². The lowest BCUT2D eigenvalue weighted by Gasteiger charge is -2.32. The van der Waals surface area contributed by atoms with Crippen molar-refractivity contribution in [3.63, 3.8) is 0 Å². The van der Waals surface area contributed by atoms with Crippen LogP contribution in [0.4, 0.5) is 19.7 Å². The zero-order chi connectivity index (χ0) is 22.3. The van der Waals surface area contributed by atoms with Gasteiger partial charge in [-0.05, 0) is 68.5 Å². The number of nitrogens with zero attached hydrogens (tertiary/aromatic N) is 3. The molecule has 0 aliphatic carbocycles. The van der Waals surface area contributed by atoms with E-state index in [1.807, 2.05) is 0 Å². The van der Waals surface area contributed by atoms with Gasteiger partial charge in [-0.25, -0.2) is 19.0 Å². The Bertz CT molecular complexity index is 1050. The second kappa shape index (κ2) is 7.85. The molecule has 1 aliphatic rings. The number of anilines is 1. The first-order valence-corrected chi connectivity index (χ1v) is 10.1. The van der Waals surface area contributed by atoms with Crippen molar-refractivity contribution in [1.82, 2.24) is 14.9 Å². The maximum atomic E-state index is 14.8. The molecule has 3 N–H and O–H groups in total. The van der Waals surface area contributed by atoms with Gasteiger partial charge in [-0.15, -0.1) is 0 Å². The molecule has 0 bridgehead atoms. The third kappa shape index (κ3) is 4.71. The number of benzene rings is 1. The Labute approximate surface area is 185 Å². The fourth-order valence-electron chi connectivity index (χ4n) is 3.10. The van der Waals surface area contributed by atoms with E-state index in [-0.39, 0.29) is 17.9 Å². The molecule has 1 aromatic carbocycles. The van der Waals surface area contributed by atoms with E-state index in [2.05, 4.69) is 43.2 Å². The number of carbonyl (C=O) groups is 2. The molecule has 11 heteroatoms. The average molecular weight is 529 g/mol. The lowest BCUT2D eigenvalue weighted by molar-refractivity contribution is 0.0635. The Morgan fingerprint density at radius 1 is 1.33 bits per heavy atom. The smallest absolute Gasteiger partial charge is 0.412 e. The van der Waals surface area contributed by atoms with Crippen LogP contribution in [0.1, 0.15) is 39.1 Å². The van der Waals surface area contributed by atoms with E-state index in [0.717, 1.165) is 3.70 Å². The van der Waals surface area contributed by atoms with E-state index < -0.39 is 29.1 Å². The Hall–Kier alpha value is -2.70. The number of hydrogen-bond donors (Lipinski definition) is 3. The Morgan fingerprint density at radius 3 is 2.67 bits per heavy atom. The van der Waals surface area contributed by atoms with E-state index in [1.54, 1.807) is 38.5 Å². The molecule has 0 radical (unpaired) electrons. The molecule has 2 amide bonds. The minimum atomic E-state index is -1.30. The van der Waals surface area contributed by atoms with Crippen LogP contribution in [-0.4, -0.2) is 38.3 Å². The van der Waals surface area contributed by atoms with Crippen molar-refractivity contribution in [2.24, 2.45) is 4.99 Å². The van der Waals surface area contributed by atoms with Gasteiger partial charge in [0.2, 0.25) is 0 Å². The fourth-order valence-corrected chi connectivity index (χ4v) is 3.64. The summed E-state index contributed by atoms with van der Waals surface area (Å²) in [5.41, 5.74) is -1.31. The van der Waals surface area contributed by atoms with Crippen LogP contribution in [0, 0.1) is 9.52 Å². The third-order valence-corrected chi connectivity index (χ3v) is 5.12. The van der Waals surface area contributed by atoms with Crippen LogP contribution < -0.4 is 10.6 Å². The highest BCUT2D eigenvalue weighted by molar-refractivity contribution is 14.1. The van der Waals surface area contributed by atoms with Gasteiger partial charge in [-0.2, -0.15) is 0 Å². The van der Waals surface area contributed by atoms with Crippen molar-refractivity contribution in [2.75, 3.05) is 5.32 Å². The lowest BCUT2D eigenvalue weighted by atomic mass is 9.90. The molecule has 3 rings (SSSR count). The van der Waals surface area contributed by atoms with Gasteiger partial charge in [0.25, 0.3) is 0 Å². The number of amidine groups is 1. The number of halogens is 2. The number of rotatable bonds is 2. The molecule has 0 spiro atoms. The molecule has 0 fully saturated rings. The van der Waals surface area contributed by atoms with Crippen LogP contribution >= 0.6 is 22.6 Å². The molecule has 1 unspecified atom stereocenters. The van der Waals surface area contributed by atoms with Crippen LogP contribution in [0.2, 0.25) is 0 Å². The van der Waals surface area contributed by atoms with Crippen molar-refractivity contribution in [1.29, 1.82) is 0 Å². The summed E-state index contributed by atoms with van der Waals surface area (Å²) in [5.74, 6) is -0.170. The van der Waals surface area contributed by atoms with Gasteiger partial charge in [0.1, 0.15) is 20.7 Å². The SMILES string of the molecule is CC(C)(C)OC(=O)Nc1ccc(F)c(C2(C)Cn3c(I)cnc3C(NC(=O)O)=N2)c1. The second-order valence-corrected chi connectivity index (χ2v) is 9.08. The number of carboxylic acid groups (broad SMARTS) is 1. The standard InChI is InChI=1S/C19H21FIN5O4/c1-18(2,3)30-17(29)23-10-5-6-12(20)11(7-10)19(4)9-26-13(21)8-22-15(26)14(25-19)24-16(27)28/h5-8H,9H2,1-4H3,(H,23,29)(H,24,25)(H,27,28). The van der Waals surface area contributed by atoms with E-state index in [1.165, 1.54) is 18.2 Å². The highest BCUT2D eigenvalue weighted by atomic mass is 127. The maximum absolute atomic E-state index is 14.8. The molecule has 9 nitrogen and oxygen atoms in total. The van der Waals surface area contributed by atoms with Crippen LogP contribution in [0.15, 0.2) is 29.4 Å². The normalized spacial score (nSPS) is 18.3. The van der Waals surface area contributed by atoms with Crippen molar-refractivity contribution in [3.05, 3.63) is 45.3 Å². The van der Waals surface area contributed by atoms with Crippen LogP contribution in [0.25, 0.3) is 0 Å². The van der Waals surface area contributed by atoms with Gasteiger partial charge >= 0.3 is 12.2 Å². The Kier molecular flexibility index (Phi) is 5.76. The van der Waals surface area contributed by atoms with Gasteiger partial charge in [0.05, 0.1) is 12.7 Å². The van der Waals surface area contributed by atoms with Crippen LogP contribution in [0.3, 0.4) is 0 Å². The molecule has 1 aliphatic heterocycles. The highest BCUT2D eigenvalue weighted by Gasteiger charge is 2.37.